The molecule has 8 heteroatoms. The Labute approximate surface area is 175 Å². The highest BCUT2D eigenvalue weighted by Gasteiger charge is 2.33. The normalized spacial score (nSPS) is 17.4. The smallest absolute Gasteiger partial charge is 0.308 e. The summed E-state index contributed by atoms with van der Waals surface area (Å²) in [6, 6.07) is 2.82. The van der Waals surface area contributed by atoms with Crippen LogP contribution in [-0.4, -0.2) is 16.9 Å². The second kappa shape index (κ2) is 8.56. The van der Waals surface area contributed by atoms with Gasteiger partial charge in [-0.2, -0.15) is 0 Å². The maximum Gasteiger partial charge on any atom is 0.308 e. The number of nitro groups is 1. The van der Waals surface area contributed by atoms with Gasteiger partial charge in [0, 0.05) is 27.5 Å². The number of allylic oxidation sites excluding steroid dienone is 1. The van der Waals surface area contributed by atoms with E-state index in [4.69, 9.17) is 9.47 Å². The molecule has 1 aromatic rings. The minimum atomic E-state index is -0.791. The van der Waals surface area contributed by atoms with Gasteiger partial charge in [0.1, 0.15) is 11.5 Å². The summed E-state index contributed by atoms with van der Waals surface area (Å²) in [5.41, 5.74) is 2.24. The lowest BCUT2D eigenvalue weighted by Gasteiger charge is -2.23. The number of halogens is 2. The molecule has 0 bridgehead atoms. The van der Waals surface area contributed by atoms with Gasteiger partial charge in [-0.1, -0.05) is 29.8 Å². The van der Waals surface area contributed by atoms with Crippen molar-refractivity contribution in [2.24, 2.45) is 0 Å². The van der Waals surface area contributed by atoms with Crippen LogP contribution in [0.25, 0.3) is 0 Å². The number of carbonyl (C=O) groups is 1. The van der Waals surface area contributed by atoms with Crippen molar-refractivity contribution in [1.82, 2.24) is 0 Å². The van der Waals surface area contributed by atoms with Crippen LogP contribution in [0.4, 0.5) is 0 Å². The van der Waals surface area contributed by atoms with E-state index < -0.39 is 6.04 Å². The van der Waals surface area contributed by atoms with E-state index in [2.05, 4.69) is 31.9 Å². The summed E-state index contributed by atoms with van der Waals surface area (Å²) in [5.74, 6) is 1.37. The Bertz CT molecular complexity index is 858. The van der Waals surface area contributed by atoms with E-state index in [1.807, 2.05) is 26.8 Å². The Kier molecular flexibility index (Phi) is 6.86. The number of aryl methyl sites for hydroxylation is 1. The second-order valence-corrected chi connectivity index (χ2v) is 8.50. The topological polar surface area (TPSA) is 78.7 Å². The summed E-state index contributed by atoms with van der Waals surface area (Å²) in [7, 11) is 0. The van der Waals surface area contributed by atoms with Crippen molar-refractivity contribution in [2.75, 3.05) is 0 Å². The number of ether oxygens (including phenoxy) is 2. The zero-order valence-electron chi connectivity index (χ0n) is 15.8. The van der Waals surface area contributed by atoms with Crippen LogP contribution in [0.1, 0.15) is 51.2 Å². The maximum absolute atomic E-state index is 11.4. The zero-order chi connectivity index (χ0) is 20.5. The molecule has 0 amide bonds. The fraction of sp³-hybridized carbons (Fsp3) is 0.421. The van der Waals surface area contributed by atoms with Crippen molar-refractivity contribution >= 4 is 37.8 Å². The third kappa shape index (κ3) is 4.79. The maximum atomic E-state index is 11.4. The predicted molar refractivity (Wildman–Crippen MR) is 110 cm³/mol. The molecule has 0 saturated carbocycles. The van der Waals surface area contributed by atoms with Crippen LogP contribution in [0.5, 0.6) is 11.5 Å². The molecule has 2 rings (SSSR count). The standard InChI is InChI=1S/C19H21Br2NO5/c1-9(2)14-7-13(6-10(3)18(14)26-12(5)23)27-19-15(20)8-16(22(24)25)11(4)17(19)21/h6-7,9,16H,8H2,1-5H3. The molecule has 0 aliphatic heterocycles. The van der Waals surface area contributed by atoms with Gasteiger partial charge in [0.15, 0.2) is 5.76 Å². The van der Waals surface area contributed by atoms with Crippen molar-refractivity contribution in [1.29, 1.82) is 0 Å². The largest absolute Gasteiger partial charge is 0.455 e. The van der Waals surface area contributed by atoms with E-state index in [0.717, 1.165) is 11.1 Å². The van der Waals surface area contributed by atoms with Crippen LogP contribution in [0.2, 0.25) is 0 Å². The van der Waals surface area contributed by atoms with Crippen LogP contribution < -0.4 is 9.47 Å². The molecule has 146 valence electrons. The summed E-state index contributed by atoms with van der Waals surface area (Å²) in [6.45, 7) is 8.94. The highest BCUT2D eigenvalue weighted by atomic mass is 79.9. The van der Waals surface area contributed by atoms with E-state index in [0.29, 0.717) is 31.8 Å². The molecule has 0 N–H and O–H groups in total. The molecule has 6 nitrogen and oxygen atoms in total. The molecule has 1 unspecified atom stereocenters. The third-order valence-electron chi connectivity index (χ3n) is 4.28. The van der Waals surface area contributed by atoms with Gasteiger partial charge < -0.3 is 9.47 Å². The van der Waals surface area contributed by atoms with Crippen molar-refractivity contribution in [3.05, 3.63) is 53.7 Å². The summed E-state index contributed by atoms with van der Waals surface area (Å²) in [6.07, 6.45) is 0.227. The molecule has 1 aliphatic rings. The number of hydrogen-bond acceptors (Lipinski definition) is 5. The molecule has 27 heavy (non-hydrogen) atoms. The van der Waals surface area contributed by atoms with Crippen LogP contribution in [0.3, 0.4) is 0 Å². The molecular formula is C19H21Br2NO5. The number of hydrogen-bond donors (Lipinski definition) is 0. The summed E-state index contributed by atoms with van der Waals surface area (Å²) < 4.78 is 12.6. The van der Waals surface area contributed by atoms with Crippen LogP contribution in [-0.2, 0) is 4.79 Å². The first-order valence-electron chi connectivity index (χ1n) is 8.42. The van der Waals surface area contributed by atoms with Crippen molar-refractivity contribution in [2.45, 2.75) is 53.0 Å². The average molecular weight is 503 g/mol. The minimum Gasteiger partial charge on any atom is -0.455 e. The Hall–Kier alpha value is -1.67. The number of rotatable bonds is 5. The highest BCUT2D eigenvalue weighted by molar-refractivity contribution is 9.12. The number of esters is 1. The summed E-state index contributed by atoms with van der Waals surface area (Å²) in [5, 5.41) is 11.2. The number of benzene rings is 1. The molecule has 1 aliphatic carbocycles. The molecule has 0 fully saturated rings. The number of carbonyl (C=O) groups excluding carboxylic acids is 1. The van der Waals surface area contributed by atoms with Gasteiger partial charge in [-0.15, -0.1) is 0 Å². The fourth-order valence-corrected chi connectivity index (χ4v) is 4.29. The van der Waals surface area contributed by atoms with Crippen molar-refractivity contribution in [3.63, 3.8) is 0 Å². The second-order valence-electron chi connectivity index (χ2n) is 6.75. The molecule has 0 saturated heterocycles. The summed E-state index contributed by atoms with van der Waals surface area (Å²) >= 11 is 6.85. The number of nitrogens with zero attached hydrogens (tertiary/aromatic N) is 1. The van der Waals surface area contributed by atoms with Crippen molar-refractivity contribution in [3.8, 4) is 11.5 Å². The summed E-state index contributed by atoms with van der Waals surface area (Å²) in [4.78, 5) is 22.3. The Morgan fingerprint density at radius 3 is 2.44 bits per heavy atom. The van der Waals surface area contributed by atoms with Crippen LogP contribution in [0, 0.1) is 17.0 Å². The van der Waals surface area contributed by atoms with Gasteiger partial charge in [-0.05, 0) is 53.4 Å². The first-order valence-corrected chi connectivity index (χ1v) is 10.0. The quantitative estimate of drug-likeness (QED) is 0.222. The Morgan fingerprint density at radius 1 is 1.30 bits per heavy atom. The zero-order valence-corrected chi connectivity index (χ0v) is 18.9. The van der Waals surface area contributed by atoms with Crippen molar-refractivity contribution < 1.29 is 19.2 Å². The van der Waals surface area contributed by atoms with Gasteiger partial charge in [-0.25, -0.2) is 0 Å². The molecule has 0 heterocycles. The lowest BCUT2D eigenvalue weighted by atomic mass is 9.98. The average Bonchev–Trinajstić information content (AvgIpc) is 2.56. The van der Waals surface area contributed by atoms with Gasteiger partial charge >= 0.3 is 5.97 Å². The molecule has 0 radical (unpaired) electrons. The van der Waals surface area contributed by atoms with E-state index in [1.54, 1.807) is 13.0 Å². The van der Waals surface area contributed by atoms with E-state index in [1.165, 1.54) is 6.92 Å². The monoisotopic (exact) mass is 501 g/mol. The Morgan fingerprint density at radius 2 is 1.93 bits per heavy atom. The molecule has 0 spiro atoms. The lowest BCUT2D eigenvalue weighted by Crippen LogP contribution is -2.25. The first-order chi connectivity index (χ1) is 12.5. The van der Waals surface area contributed by atoms with Crippen LogP contribution in [0.15, 0.2) is 32.4 Å². The minimum absolute atomic E-state index is 0.116. The molecular weight excluding hydrogens is 482 g/mol. The first kappa shape index (κ1) is 21.6. The van der Waals surface area contributed by atoms with E-state index in [9.17, 15) is 14.9 Å². The van der Waals surface area contributed by atoms with E-state index >= 15 is 0 Å². The van der Waals surface area contributed by atoms with Gasteiger partial charge in [0.25, 0.3) is 0 Å². The van der Waals surface area contributed by atoms with E-state index in [-0.39, 0.29) is 23.2 Å². The molecule has 0 aromatic heterocycles. The SMILES string of the molecule is CC(=O)Oc1c(C)cc(OC2=C(Br)CC([N+](=O)[O-])C(C)=C2Br)cc1C(C)C. The highest BCUT2D eigenvalue weighted by Crippen LogP contribution is 2.41. The van der Waals surface area contributed by atoms with Gasteiger partial charge in [-0.3, -0.25) is 14.9 Å². The predicted octanol–water partition coefficient (Wildman–Crippen LogP) is 5.75. The third-order valence-corrected chi connectivity index (χ3v) is 5.95. The Balaban J connectivity index is 2.44. The molecule has 1 aromatic carbocycles. The molecule has 1 atom stereocenters. The van der Waals surface area contributed by atoms with Gasteiger partial charge in [0.05, 0.1) is 10.9 Å². The lowest BCUT2D eigenvalue weighted by molar-refractivity contribution is -0.511. The van der Waals surface area contributed by atoms with Gasteiger partial charge in [0.2, 0.25) is 6.04 Å². The van der Waals surface area contributed by atoms with Crippen LogP contribution >= 0.6 is 31.9 Å². The fourth-order valence-electron chi connectivity index (χ4n) is 2.85.